The van der Waals surface area contributed by atoms with Crippen LogP contribution in [0.3, 0.4) is 0 Å². The van der Waals surface area contributed by atoms with Crippen LogP contribution in [-0.2, 0) is 21.2 Å². The third-order valence-electron chi connectivity index (χ3n) is 3.52. The van der Waals surface area contributed by atoms with E-state index in [0.717, 1.165) is 22.4 Å². The third-order valence-corrected chi connectivity index (χ3v) is 5.41. The first-order chi connectivity index (χ1) is 11.8. The van der Waals surface area contributed by atoms with Gasteiger partial charge in [0.25, 0.3) is 15.7 Å². The summed E-state index contributed by atoms with van der Waals surface area (Å²) in [7, 11) is -4.20. The Balaban J connectivity index is 2.53. The van der Waals surface area contributed by atoms with Crippen molar-refractivity contribution >= 4 is 38.2 Å². The van der Waals surface area contributed by atoms with Crippen LogP contribution < -0.4 is 4.31 Å². The Morgan fingerprint density at radius 1 is 1.20 bits per heavy atom. The summed E-state index contributed by atoms with van der Waals surface area (Å²) in [4.78, 5) is 21.3. The Bertz CT molecular complexity index is 897. The number of nitrogens with zero attached hydrogens (tertiary/aromatic N) is 2. The lowest BCUT2D eigenvalue weighted by Crippen LogP contribution is -2.34. The van der Waals surface area contributed by atoms with E-state index in [1.807, 2.05) is 6.92 Å². The molecule has 2 aromatic rings. The summed E-state index contributed by atoms with van der Waals surface area (Å²) < 4.78 is 26.6. The fraction of sp³-hybridized carbons (Fsp3) is 0.188. The maximum Gasteiger partial charge on any atom is 0.270 e. The van der Waals surface area contributed by atoms with Crippen LogP contribution in [0.15, 0.2) is 53.4 Å². The molecule has 0 aliphatic rings. The number of sulfonamides is 1. The predicted molar refractivity (Wildman–Crippen MR) is 94.3 cm³/mol. The van der Waals surface area contributed by atoms with Gasteiger partial charge in [-0.15, -0.1) is 0 Å². The van der Waals surface area contributed by atoms with Gasteiger partial charge in [0.05, 0.1) is 15.5 Å². The van der Waals surface area contributed by atoms with Crippen LogP contribution in [0.5, 0.6) is 0 Å². The number of benzene rings is 2. The highest BCUT2D eigenvalue weighted by Crippen LogP contribution is 2.26. The SMILES string of the molecule is CCc1ccc(N(CC(=O)Cl)S(=O)(=O)c2cccc([N+](=O)[O-])c2)cc1. The number of anilines is 1. The molecule has 0 N–H and O–H groups in total. The topological polar surface area (TPSA) is 97.6 Å². The number of aryl methyl sites for hydroxylation is 1. The molecular weight excluding hydrogens is 368 g/mol. The molecule has 0 aliphatic carbocycles. The van der Waals surface area contributed by atoms with E-state index in [9.17, 15) is 23.3 Å². The van der Waals surface area contributed by atoms with E-state index >= 15 is 0 Å². The fourth-order valence-electron chi connectivity index (χ4n) is 2.21. The Kier molecular flexibility index (Phi) is 5.76. The maximum absolute atomic E-state index is 12.9. The molecule has 0 saturated heterocycles. The van der Waals surface area contributed by atoms with E-state index in [1.165, 1.54) is 18.2 Å². The molecule has 132 valence electrons. The minimum Gasteiger partial charge on any atom is -0.279 e. The van der Waals surface area contributed by atoms with Gasteiger partial charge in [0, 0.05) is 12.1 Å². The summed E-state index contributed by atoms with van der Waals surface area (Å²) in [6, 6.07) is 11.2. The number of non-ortho nitro benzene ring substituents is 1. The van der Waals surface area contributed by atoms with E-state index in [2.05, 4.69) is 0 Å². The van der Waals surface area contributed by atoms with E-state index in [1.54, 1.807) is 24.3 Å². The molecular formula is C16H15ClN2O5S. The molecule has 0 spiro atoms. The van der Waals surface area contributed by atoms with Crippen molar-refractivity contribution < 1.29 is 18.1 Å². The molecule has 0 aliphatic heterocycles. The van der Waals surface area contributed by atoms with Gasteiger partial charge in [-0.25, -0.2) is 8.42 Å². The van der Waals surface area contributed by atoms with Gasteiger partial charge in [-0.1, -0.05) is 25.1 Å². The van der Waals surface area contributed by atoms with Gasteiger partial charge < -0.3 is 0 Å². The average Bonchev–Trinajstić information content (AvgIpc) is 2.59. The highest BCUT2D eigenvalue weighted by atomic mass is 35.5. The van der Waals surface area contributed by atoms with Crippen molar-refractivity contribution in [2.75, 3.05) is 10.8 Å². The number of nitro benzene ring substituents is 1. The van der Waals surface area contributed by atoms with Gasteiger partial charge >= 0.3 is 0 Å². The van der Waals surface area contributed by atoms with Gasteiger partial charge in [-0.2, -0.15) is 0 Å². The second-order valence-electron chi connectivity index (χ2n) is 5.14. The molecule has 2 aromatic carbocycles. The average molecular weight is 383 g/mol. The van der Waals surface area contributed by atoms with Crippen LogP contribution in [0.25, 0.3) is 0 Å². The molecule has 0 saturated carbocycles. The zero-order chi connectivity index (χ0) is 18.6. The van der Waals surface area contributed by atoms with Crippen LogP contribution in [0, 0.1) is 10.1 Å². The number of carbonyl (C=O) groups is 1. The van der Waals surface area contributed by atoms with Gasteiger partial charge in [0.15, 0.2) is 0 Å². The molecule has 0 fully saturated rings. The molecule has 0 bridgehead atoms. The largest absolute Gasteiger partial charge is 0.279 e. The lowest BCUT2D eigenvalue weighted by molar-refractivity contribution is -0.385. The predicted octanol–water partition coefficient (Wildman–Crippen LogP) is 3.12. The summed E-state index contributed by atoms with van der Waals surface area (Å²) in [5.41, 5.74) is 0.880. The van der Waals surface area contributed by atoms with Crippen molar-refractivity contribution in [1.82, 2.24) is 0 Å². The highest BCUT2D eigenvalue weighted by Gasteiger charge is 2.28. The van der Waals surface area contributed by atoms with Crippen molar-refractivity contribution in [1.29, 1.82) is 0 Å². The van der Waals surface area contributed by atoms with Crippen molar-refractivity contribution in [2.45, 2.75) is 18.2 Å². The van der Waals surface area contributed by atoms with E-state index in [4.69, 9.17) is 11.6 Å². The van der Waals surface area contributed by atoms with Crippen molar-refractivity contribution in [3.63, 3.8) is 0 Å². The first-order valence-corrected chi connectivity index (χ1v) is 9.12. The normalized spacial score (nSPS) is 11.1. The third kappa shape index (κ3) is 4.34. The second-order valence-corrected chi connectivity index (χ2v) is 7.43. The first-order valence-electron chi connectivity index (χ1n) is 7.30. The Hall–Kier alpha value is -2.45. The lowest BCUT2D eigenvalue weighted by atomic mass is 10.1. The maximum atomic E-state index is 12.9. The van der Waals surface area contributed by atoms with E-state index in [0.29, 0.717) is 0 Å². The van der Waals surface area contributed by atoms with Gasteiger partial charge in [-0.3, -0.25) is 19.2 Å². The summed E-state index contributed by atoms with van der Waals surface area (Å²) >= 11 is 5.40. The summed E-state index contributed by atoms with van der Waals surface area (Å²) in [5.74, 6) is 0. The van der Waals surface area contributed by atoms with Crippen LogP contribution >= 0.6 is 11.6 Å². The Morgan fingerprint density at radius 3 is 2.36 bits per heavy atom. The molecule has 0 amide bonds. The number of halogens is 1. The Morgan fingerprint density at radius 2 is 1.84 bits per heavy atom. The van der Waals surface area contributed by atoms with Crippen LogP contribution in [-0.4, -0.2) is 25.1 Å². The molecule has 0 heterocycles. The van der Waals surface area contributed by atoms with Crippen LogP contribution in [0.4, 0.5) is 11.4 Å². The standard InChI is InChI=1S/C16H15ClN2O5S/c1-2-12-6-8-13(9-7-12)18(11-16(17)20)25(23,24)15-5-3-4-14(10-15)19(21)22/h3-10H,2,11H2,1H3. The first kappa shape index (κ1) is 18.9. The fourth-order valence-corrected chi connectivity index (χ4v) is 3.86. The number of hydrogen-bond acceptors (Lipinski definition) is 5. The van der Waals surface area contributed by atoms with Crippen molar-refractivity contribution in [3.8, 4) is 0 Å². The van der Waals surface area contributed by atoms with E-state index < -0.39 is 26.7 Å². The molecule has 2 rings (SSSR count). The lowest BCUT2D eigenvalue weighted by Gasteiger charge is -2.23. The zero-order valence-corrected chi connectivity index (χ0v) is 14.8. The van der Waals surface area contributed by atoms with Gasteiger partial charge in [0.2, 0.25) is 5.24 Å². The smallest absolute Gasteiger partial charge is 0.270 e. The van der Waals surface area contributed by atoms with E-state index in [-0.39, 0.29) is 16.3 Å². The van der Waals surface area contributed by atoms with Gasteiger partial charge in [-0.05, 0) is 41.8 Å². The minimum atomic E-state index is -4.20. The molecule has 0 radical (unpaired) electrons. The molecule has 0 atom stereocenters. The monoisotopic (exact) mass is 382 g/mol. The van der Waals surface area contributed by atoms with Crippen molar-refractivity contribution in [2.24, 2.45) is 0 Å². The molecule has 0 unspecified atom stereocenters. The Labute approximate surface area is 150 Å². The molecule has 0 aromatic heterocycles. The van der Waals surface area contributed by atoms with Crippen LogP contribution in [0.2, 0.25) is 0 Å². The van der Waals surface area contributed by atoms with Crippen LogP contribution in [0.1, 0.15) is 12.5 Å². The number of carbonyl (C=O) groups excluding carboxylic acids is 1. The van der Waals surface area contributed by atoms with Crippen molar-refractivity contribution in [3.05, 3.63) is 64.2 Å². The van der Waals surface area contributed by atoms with Gasteiger partial charge in [0.1, 0.15) is 6.54 Å². The highest BCUT2D eigenvalue weighted by molar-refractivity contribution is 7.92. The molecule has 9 heteroatoms. The number of hydrogen-bond donors (Lipinski definition) is 0. The minimum absolute atomic E-state index is 0.248. The summed E-state index contributed by atoms with van der Waals surface area (Å²) in [6.07, 6.45) is 0.770. The number of rotatable bonds is 7. The summed E-state index contributed by atoms with van der Waals surface area (Å²) in [5, 5.41) is 10.0. The molecule has 25 heavy (non-hydrogen) atoms. The second kappa shape index (κ2) is 7.62. The summed E-state index contributed by atoms with van der Waals surface area (Å²) in [6.45, 7) is 1.37. The molecule has 7 nitrogen and oxygen atoms in total. The zero-order valence-electron chi connectivity index (χ0n) is 13.3. The quantitative estimate of drug-likeness (QED) is 0.416. The number of nitro groups is 1.